The number of benzene rings is 3. The molecule has 0 saturated carbocycles. The molecule has 0 radical (unpaired) electrons. The van der Waals surface area contributed by atoms with Gasteiger partial charge in [0, 0.05) is 21.8 Å². The summed E-state index contributed by atoms with van der Waals surface area (Å²) < 4.78 is 11.3. The molecule has 150 valence electrons. The van der Waals surface area contributed by atoms with Crippen LogP contribution in [-0.4, -0.2) is 13.0 Å². The van der Waals surface area contributed by atoms with Gasteiger partial charge in [-0.05, 0) is 73.0 Å². The molecule has 0 spiro atoms. The predicted octanol–water partition coefficient (Wildman–Crippen LogP) is 6.05. The number of carbonyl (C=O) groups is 1. The fourth-order valence-electron chi connectivity index (χ4n) is 2.93. The van der Waals surface area contributed by atoms with Crippen molar-refractivity contribution in [2.24, 2.45) is 0 Å². The summed E-state index contributed by atoms with van der Waals surface area (Å²) in [4.78, 5) is 12.7. The Labute approximate surface area is 176 Å². The molecule has 0 atom stereocenters. The molecule has 0 unspecified atom stereocenters. The predicted molar refractivity (Wildman–Crippen MR) is 117 cm³/mol. The molecule has 29 heavy (non-hydrogen) atoms. The summed E-state index contributed by atoms with van der Waals surface area (Å²) in [6, 6.07) is 18.7. The fourth-order valence-corrected chi connectivity index (χ4v) is 3.05. The van der Waals surface area contributed by atoms with E-state index >= 15 is 0 Å². The largest absolute Gasteiger partial charge is 0.496 e. The number of hydrogen-bond donors (Lipinski definition) is 1. The van der Waals surface area contributed by atoms with Crippen LogP contribution >= 0.6 is 11.6 Å². The third-order valence-corrected chi connectivity index (χ3v) is 5.11. The van der Waals surface area contributed by atoms with E-state index in [2.05, 4.69) is 12.2 Å². The Morgan fingerprint density at radius 3 is 2.45 bits per heavy atom. The first kappa shape index (κ1) is 20.7. The highest BCUT2D eigenvalue weighted by atomic mass is 35.5. The van der Waals surface area contributed by atoms with Gasteiger partial charge in [-0.25, -0.2) is 0 Å². The zero-order chi connectivity index (χ0) is 20.8. The van der Waals surface area contributed by atoms with Crippen LogP contribution in [0.3, 0.4) is 0 Å². The minimum Gasteiger partial charge on any atom is -0.496 e. The first-order valence-electron chi connectivity index (χ1n) is 9.46. The molecule has 0 saturated heterocycles. The second-order valence-corrected chi connectivity index (χ2v) is 7.14. The fraction of sp³-hybridized carbons (Fsp3) is 0.208. The lowest BCUT2D eigenvalue weighted by molar-refractivity contribution is 0.102. The quantitative estimate of drug-likeness (QED) is 0.516. The summed E-state index contributed by atoms with van der Waals surface area (Å²) in [6.07, 6.45) is 0.962. The lowest BCUT2D eigenvalue weighted by Crippen LogP contribution is -2.13. The summed E-state index contributed by atoms with van der Waals surface area (Å²) in [5, 5.41) is 3.62. The molecular weight excluding hydrogens is 386 g/mol. The van der Waals surface area contributed by atoms with Gasteiger partial charge in [0.05, 0.1) is 7.11 Å². The Kier molecular flexibility index (Phi) is 6.78. The van der Waals surface area contributed by atoms with E-state index in [4.69, 9.17) is 21.1 Å². The van der Waals surface area contributed by atoms with E-state index in [1.54, 1.807) is 31.4 Å². The number of rotatable bonds is 7. The van der Waals surface area contributed by atoms with Crippen molar-refractivity contribution in [2.75, 3.05) is 12.4 Å². The van der Waals surface area contributed by atoms with E-state index in [9.17, 15) is 4.79 Å². The maximum absolute atomic E-state index is 12.7. The van der Waals surface area contributed by atoms with Gasteiger partial charge in [-0.1, -0.05) is 30.7 Å². The van der Waals surface area contributed by atoms with E-state index < -0.39 is 0 Å². The summed E-state index contributed by atoms with van der Waals surface area (Å²) in [5.74, 6) is 1.19. The molecular formula is C24H24ClNO3. The second kappa shape index (κ2) is 9.48. The van der Waals surface area contributed by atoms with Gasteiger partial charge in [-0.3, -0.25) is 4.79 Å². The summed E-state index contributed by atoms with van der Waals surface area (Å²) in [6.45, 7) is 4.30. The SMILES string of the molecule is CCc1ccc(NC(=O)c2ccc(OC)c(COc3ccc(Cl)c(C)c3)c2)cc1. The molecule has 3 rings (SSSR count). The van der Waals surface area contributed by atoms with Crippen LogP contribution in [0.1, 0.15) is 34.0 Å². The molecule has 4 nitrogen and oxygen atoms in total. The molecule has 1 amide bonds. The highest BCUT2D eigenvalue weighted by Gasteiger charge is 2.12. The molecule has 0 heterocycles. The van der Waals surface area contributed by atoms with Gasteiger partial charge >= 0.3 is 0 Å². The molecule has 0 aromatic heterocycles. The highest BCUT2D eigenvalue weighted by molar-refractivity contribution is 6.31. The minimum absolute atomic E-state index is 0.180. The van der Waals surface area contributed by atoms with Crippen molar-refractivity contribution in [3.63, 3.8) is 0 Å². The average Bonchev–Trinajstić information content (AvgIpc) is 2.74. The number of ether oxygens (including phenoxy) is 2. The van der Waals surface area contributed by atoms with E-state index in [-0.39, 0.29) is 12.5 Å². The van der Waals surface area contributed by atoms with Crippen LogP contribution in [0.5, 0.6) is 11.5 Å². The normalized spacial score (nSPS) is 10.5. The average molecular weight is 410 g/mol. The maximum Gasteiger partial charge on any atom is 0.255 e. The molecule has 3 aromatic carbocycles. The third-order valence-electron chi connectivity index (χ3n) is 4.69. The Morgan fingerprint density at radius 1 is 1.03 bits per heavy atom. The molecule has 0 aliphatic heterocycles. The number of anilines is 1. The van der Waals surface area contributed by atoms with E-state index in [0.717, 1.165) is 23.2 Å². The Morgan fingerprint density at radius 2 is 1.79 bits per heavy atom. The number of nitrogens with one attached hydrogen (secondary N) is 1. The number of halogens is 1. The van der Waals surface area contributed by atoms with Gasteiger partial charge in [0.2, 0.25) is 0 Å². The monoisotopic (exact) mass is 409 g/mol. The van der Waals surface area contributed by atoms with Crippen LogP contribution in [0.4, 0.5) is 5.69 Å². The van der Waals surface area contributed by atoms with Gasteiger partial charge in [0.1, 0.15) is 18.1 Å². The van der Waals surface area contributed by atoms with Crippen molar-refractivity contribution in [3.05, 3.63) is 87.9 Å². The van der Waals surface area contributed by atoms with Crippen LogP contribution in [0, 0.1) is 6.92 Å². The van der Waals surface area contributed by atoms with Crippen LogP contribution in [0.25, 0.3) is 0 Å². The summed E-state index contributed by atoms with van der Waals surface area (Å²) in [7, 11) is 1.60. The zero-order valence-electron chi connectivity index (χ0n) is 16.8. The smallest absolute Gasteiger partial charge is 0.255 e. The first-order chi connectivity index (χ1) is 14.0. The molecule has 5 heteroatoms. The zero-order valence-corrected chi connectivity index (χ0v) is 17.5. The number of hydrogen-bond acceptors (Lipinski definition) is 3. The van der Waals surface area contributed by atoms with Crippen LogP contribution < -0.4 is 14.8 Å². The van der Waals surface area contributed by atoms with E-state index in [1.165, 1.54) is 5.56 Å². The highest BCUT2D eigenvalue weighted by Crippen LogP contribution is 2.25. The van der Waals surface area contributed by atoms with Crippen molar-refractivity contribution in [1.29, 1.82) is 0 Å². The van der Waals surface area contributed by atoms with Gasteiger partial charge in [-0.15, -0.1) is 0 Å². The summed E-state index contributed by atoms with van der Waals surface area (Å²) in [5.41, 5.74) is 4.26. The molecule has 3 aromatic rings. The maximum atomic E-state index is 12.7. The molecule has 0 fully saturated rings. The van der Waals surface area contributed by atoms with Gasteiger partial charge in [0.25, 0.3) is 5.91 Å². The second-order valence-electron chi connectivity index (χ2n) is 6.73. The van der Waals surface area contributed by atoms with Crippen LogP contribution in [0.15, 0.2) is 60.7 Å². The Balaban J connectivity index is 1.74. The Hall–Kier alpha value is -2.98. The van der Waals surface area contributed by atoms with Crippen molar-refractivity contribution in [3.8, 4) is 11.5 Å². The number of methoxy groups -OCH3 is 1. The lowest BCUT2D eigenvalue weighted by atomic mass is 10.1. The molecule has 0 aliphatic rings. The summed E-state index contributed by atoms with van der Waals surface area (Å²) >= 11 is 6.06. The van der Waals surface area contributed by atoms with Crippen molar-refractivity contribution in [2.45, 2.75) is 26.9 Å². The lowest BCUT2D eigenvalue weighted by Gasteiger charge is -2.13. The van der Waals surface area contributed by atoms with Crippen molar-refractivity contribution < 1.29 is 14.3 Å². The standard InChI is InChI=1S/C24H24ClNO3/c1-4-17-5-8-20(9-6-17)26-24(27)18-7-12-23(28-3)19(14-18)15-29-21-10-11-22(25)16(2)13-21/h5-14H,4,15H2,1-3H3,(H,26,27). The van der Waals surface area contributed by atoms with Gasteiger partial charge in [-0.2, -0.15) is 0 Å². The minimum atomic E-state index is -0.180. The van der Waals surface area contributed by atoms with Crippen LogP contribution in [-0.2, 0) is 13.0 Å². The number of carbonyl (C=O) groups excluding carboxylic acids is 1. The Bertz CT molecular complexity index is 1000. The van der Waals surface area contributed by atoms with Crippen molar-refractivity contribution >= 4 is 23.2 Å². The molecule has 1 N–H and O–H groups in total. The van der Waals surface area contributed by atoms with Gasteiger partial charge in [0.15, 0.2) is 0 Å². The third kappa shape index (κ3) is 5.30. The van der Waals surface area contributed by atoms with E-state index in [1.807, 2.05) is 43.3 Å². The van der Waals surface area contributed by atoms with Crippen molar-refractivity contribution in [1.82, 2.24) is 0 Å². The molecule has 0 aliphatic carbocycles. The topological polar surface area (TPSA) is 47.6 Å². The first-order valence-corrected chi connectivity index (χ1v) is 9.84. The number of aryl methyl sites for hydroxylation is 2. The molecule has 0 bridgehead atoms. The van der Waals surface area contributed by atoms with Gasteiger partial charge < -0.3 is 14.8 Å². The van der Waals surface area contributed by atoms with Crippen LogP contribution in [0.2, 0.25) is 5.02 Å². The number of amides is 1. The van der Waals surface area contributed by atoms with E-state index in [0.29, 0.717) is 22.1 Å².